The van der Waals surface area contributed by atoms with Crippen LogP contribution in [-0.4, -0.2) is 23.0 Å². The molecule has 3 rings (SSSR count). The largest absolute Gasteiger partial charge is 0.495 e. The Labute approximate surface area is 168 Å². The van der Waals surface area contributed by atoms with Crippen molar-refractivity contribution in [3.63, 3.8) is 0 Å². The van der Waals surface area contributed by atoms with Crippen LogP contribution in [0.4, 0.5) is 11.6 Å². The maximum Gasteiger partial charge on any atom is 0.248 e. The molecule has 0 aliphatic heterocycles. The van der Waals surface area contributed by atoms with Crippen LogP contribution in [0.5, 0.6) is 5.75 Å². The number of anilines is 2. The summed E-state index contributed by atoms with van der Waals surface area (Å²) in [6.45, 7) is 4.00. The van der Waals surface area contributed by atoms with Crippen LogP contribution in [-0.2, 0) is 0 Å². The van der Waals surface area contributed by atoms with Gasteiger partial charge in [0.2, 0.25) is 11.9 Å². The third-order valence-corrected chi connectivity index (χ3v) is 4.59. The fourth-order valence-electron chi connectivity index (χ4n) is 2.91. The predicted octanol–water partition coefficient (Wildman–Crippen LogP) is 4.77. The molecule has 0 aliphatic carbocycles. The molecule has 0 unspecified atom stereocenters. The molecule has 0 aliphatic rings. The minimum Gasteiger partial charge on any atom is -0.495 e. The van der Waals surface area contributed by atoms with Gasteiger partial charge in [-0.3, -0.25) is 4.79 Å². The van der Waals surface area contributed by atoms with Gasteiger partial charge >= 0.3 is 0 Å². The van der Waals surface area contributed by atoms with Crippen molar-refractivity contribution in [3.8, 4) is 17.0 Å². The highest BCUT2D eigenvalue weighted by molar-refractivity contribution is 6.32. The van der Waals surface area contributed by atoms with E-state index < -0.39 is 5.91 Å². The summed E-state index contributed by atoms with van der Waals surface area (Å²) in [7, 11) is 1.60. The summed E-state index contributed by atoms with van der Waals surface area (Å²) in [6, 6.07) is 12.9. The van der Waals surface area contributed by atoms with Crippen LogP contribution in [0.25, 0.3) is 11.3 Å². The number of carbonyl (C=O) groups excluding carboxylic acids is 1. The van der Waals surface area contributed by atoms with Gasteiger partial charge in [0.05, 0.1) is 29.7 Å². The average Bonchev–Trinajstić information content (AvgIpc) is 2.69. The van der Waals surface area contributed by atoms with Gasteiger partial charge in [-0.2, -0.15) is 0 Å². The number of amides is 1. The topological polar surface area (TPSA) is 90.1 Å². The molecular formula is C21H21ClN4O2. The van der Waals surface area contributed by atoms with Gasteiger partial charge in [0.15, 0.2) is 0 Å². The lowest BCUT2D eigenvalue weighted by Gasteiger charge is -2.14. The van der Waals surface area contributed by atoms with Gasteiger partial charge in [0.1, 0.15) is 5.75 Å². The first kappa shape index (κ1) is 19.6. The lowest BCUT2D eigenvalue weighted by Crippen LogP contribution is -2.14. The first-order valence-electron chi connectivity index (χ1n) is 8.77. The van der Waals surface area contributed by atoms with Crippen molar-refractivity contribution in [1.29, 1.82) is 0 Å². The average molecular weight is 397 g/mol. The molecule has 144 valence electrons. The van der Waals surface area contributed by atoms with Gasteiger partial charge in [-0.25, -0.2) is 9.97 Å². The Morgan fingerprint density at radius 1 is 1.21 bits per heavy atom. The molecular weight excluding hydrogens is 376 g/mol. The molecule has 0 atom stereocenters. The number of para-hydroxylation sites is 2. The van der Waals surface area contributed by atoms with E-state index in [1.54, 1.807) is 25.4 Å². The second kappa shape index (κ2) is 8.27. The SMILES string of the molecule is COc1ccccc1Nc1ncc(Cl)c(-c2ccc(C(N)=O)c(C(C)C)c2)n1. The number of methoxy groups -OCH3 is 1. The first-order valence-corrected chi connectivity index (χ1v) is 9.15. The molecule has 28 heavy (non-hydrogen) atoms. The van der Waals surface area contributed by atoms with E-state index in [1.807, 2.05) is 44.2 Å². The van der Waals surface area contributed by atoms with Gasteiger partial charge in [-0.1, -0.05) is 43.6 Å². The Morgan fingerprint density at radius 3 is 2.64 bits per heavy atom. The third-order valence-electron chi connectivity index (χ3n) is 4.31. The van der Waals surface area contributed by atoms with E-state index in [1.165, 1.54) is 0 Å². The lowest BCUT2D eigenvalue weighted by molar-refractivity contribution is 0.0999. The number of nitrogens with one attached hydrogen (secondary N) is 1. The second-order valence-corrected chi connectivity index (χ2v) is 6.94. The van der Waals surface area contributed by atoms with Gasteiger partial charge in [0.25, 0.3) is 0 Å². The van der Waals surface area contributed by atoms with E-state index in [0.29, 0.717) is 28.0 Å². The zero-order chi connectivity index (χ0) is 20.3. The number of rotatable bonds is 6. The molecule has 0 saturated heterocycles. The van der Waals surface area contributed by atoms with Crippen molar-refractivity contribution in [2.45, 2.75) is 19.8 Å². The summed E-state index contributed by atoms with van der Waals surface area (Å²) in [5.41, 5.74) is 8.92. The quantitative estimate of drug-likeness (QED) is 0.626. The highest BCUT2D eigenvalue weighted by Crippen LogP contribution is 2.32. The number of primary amides is 1. The van der Waals surface area contributed by atoms with Crippen molar-refractivity contribution in [3.05, 3.63) is 64.8 Å². The highest BCUT2D eigenvalue weighted by Gasteiger charge is 2.16. The number of ether oxygens (including phenoxy) is 1. The summed E-state index contributed by atoms with van der Waals surface area (Å²) in [4.78, 5) is 20.5. The van der Waals surface area contributed by atoms with Crippen LogP contribution < -0.4 is 15.8 Å². The van der Waals surface area contributed by atoms with Crippen LogP contribution in [0, 0.1) is 0 Å². The molecule has 0 fully saturated rings. The molecule has 3 aromatic rings. The normalized spacial score (nSPS) is 10.8. The maximum absolute atomic E-state index is 11.7. The molecule has 0 radical (unpaired) electrons. The van der Waals surface area contributed by atoms with Crippen molar-refractivity contribution in [2.24, 2.45) is 5.73 Å². The van der Waals surface area contributed by atoms with E-state index in [-0.39, 0.29) is 5.92 Å². The minimum atomic E-state index is -0.456. The van der Waals surface area contributed by atoms with E-state index in [4.69, 9.17) is 22.1 Å². The first-order chi connectivity index (χ1) is 13.4. The molecule has 6 nitrogen and oxygen atoms in total. The number of hydrogen-bond donors (Lipinski definition) is 2. The molecule has 7 heteroatoms. The molecule has 0 bridgehead atoms. The number of benzene rings is 2. The molecule has 2 aromatic carbocycles. The molecule has 0 saturated carbocycles. The summed E-state index contributed by atoms with van der Waals surface area (Å²) in [5, 5.41) is 3.56. The molecule has 1 amide bonds. The second-order valence-electron chi connectivity index (χ2n) is 6.54. The maximum atomic E-state index is 11.7. The molecule has 0 spiro atoms. The third kappa shape index (κ3) is 4.07. The van der Waals surface area contributed by atoms with Crippen LogP contribution in [0.2, 0.25) is 5.02 Å². The summed E-state index contributed by atoms with van der Waals surface area (Å²) >= 11 is 6.36. The van der Waals surface area contributed by atoms with E-state index in [0.717, 1.165) is 16.8 Å². The number of hydrogen-bond acceptors (Lipinski definition) is 5. The van der Waals surface area contributed by atoms with E-state index in [9.17, 15) is 4.79 Å². The van der Waals surface area contributed by atoms with Crippen LogP contribution in [0.15, 0.2) is 48.7 Å². The van der Waals surface area contributed by atoms with Crippen LogP contribution in [0.1, 0.15) is 35.7 Å². The van der Waals surface area contributed by atoms with E-state index in [2.05, 4.69) is 15.3 Å². The van der Waals surface area contributed by atoms with Gasteiger partial charge in [-0.05, 0) is 35.7 Å². The Balaban J connectivity index is 2.02. The fraction of sp³-hybridized carbons (Fsp3) is 0.190. The van der Waals surface area contributed by atoms with Crippen molar-refractivity contribution >= 4 is 29.1 Å². The number of halogens is 1. The highest BCUT2D eigenvalue weighted by atomic mass is 35.5. The summed E-state index contributed by atoms with van der Waals surface area (Å²) in [5.74, 6) is 0.723. The molecule has 1 heterocycles. The number of nitrogens with two attached hydrogens (primary N) is 1. The zero-order valence-corrected chi connectivity index (χ0v) is 16.6. The standard InChI is InChI=1S/C21H21ClN4O2/c1-12(2)15-10-13(8-9-14(15)20(23)27)19-16(22)11-24-21(26-19)25-17-6-4-5-7-18(17)28-3/h4-12H,1-3H3,(H2,23,27)(H,24,25,26). The van der Waals surface area contributed by atoms with Crippen molar-refractivity contribution in [2.75, 3.05) is 12.4 Å². The summed E-state index contributed by atoms with van der Waals surface area (Å²) < 4.78 is 5.35. The van der Waals surface area contributed by atoms with Crippen molar-refractivity contribution in [1.82, 2.24) is 9.97 Å². The molecule has 1 aromatic heterocycles. The monoisotopic (exact) mass is 396 g/mol. The number of carbonyl (C=O) groups is 1. The van der Waals surface area contributed by atoms with Crippen molar-refractivity contribution < 1.29 is 9.53 Å². The van der Waals surface area contributed by atoms with Gasteiger partial charge in [0, 0.05) is 11.1 Å². The predicted molar refractivity (Wildman–Crippen MR) is 111 cm³/mol. The Morgan fingerprint density at radius 2 is 1.96 bits per heavy atom. The summed E-state index contributed by atoms with van der Waals surface area (Å²) in [6.07, 6.45) is 1.54. The zero-order valence-electron chi connectivity index (χ0n) is 15.9. The van der Waals surface area contributed by atoms with E-state index >= 15 is 0 Å². The number of aromatic nitrogens is 2. The Hall–Kier alpha value is -3.12. The Kier molecular flexibility index (Phi) is 5.80. The minimum absolute atomic E-state index is 0.120. The Bertz CT molecular complexity index is 1020. The smallest absolute Gasteiger partial charge is 0.248 e. The van der Waals surface area contributed by atoms with Crippen LogP contribution >= 0.6 is 11.6 Å². The fourth-order valence-corrected chi connectivity index (χ4v) is 3.11. The molecule has 3 N–H and O–H groups in total. The number of nitrogens with zero attached hydrogens (tertiary/aromatic N) is 2. The van der Waals surface area contributed by atoms with Crippen LogP contribution in [0.3, 0.4) is 0 Å². The van der Waals surface area contributed by atoms with Gasteiger partial charge in [-0.15, -0.1) is 0 Å². The van der Waals surface area contributed by atoms with Gasteiger partial charge < -0.3 is 15.8 Å². The lowest BCUT2D eigenvalue weighted by atomic mass is 9.93.